The zero-order chi connectivity index (χ0) is 15.1. The summed E-state index contributed by atoms with van der Waals surface area (Å²) in [6.07, 6.45) is 8.81. The predicted molar refractivity (Wildman–Crippen MR) is 84.5 cm³/mol. The minimum absolute atomic E-state index is 0.0237. The lowest BCUT2D eigenvalue weighted by molar-refractivity contribution is -0.121. The molecule has 22 heavy (non-hydrogen) atoms. The van der Waals surface area contributed by atoms with Gasteiger partial charge in [-0.05, 0) is 49.3 Å². The molecule has 1 aromatic heterocycles. The van der Waals surface area contributed by atoms with Gasteiger partial charge in [0.2, 0.25) is 5.91 Å². The van der Waals surface area contributed by atoms with E-state index in [1.54, 1.807) is 12.5 Å². The van der Waals surface area contributed by atoms with Crippen LogP contribution in [0.1, 0.15) is 19.3 Å². The van der Waals surface area contributed by atoms with Gasteiger partial charge in [-0.2, -0.15) is 0 Å². The van der Waals surface area contributed by atoms with Crippen LogP contribution in [-0.2, 0) is 4.79 Å². The Bertz CT molecular complexity index is 680. The average molecular weight is 296 g/mol. The molecule has 1 amide bonds. The maximum atomic E-state index is 12.6. The summed E-state index contributed by atoms with van der Waals surface area (Å²) in [4.78, 5) is 16.6. The van der Waals surface area contributed by atoms with Crippen LogP contribution in [0.2, 0.25) is 0 Å². The third-order valence-electron chi connectivity index (χ3n) is 5.20. The molecule has 0 aliphatic heterocycles. The second kappa shape index (κ2) is 5.25. The van der Waals surface area contributed by atoms with E-state index in [0.29, 0.717) is 11.8 Å². The highest BCUT2D eigenvalue weighted by Crippen LogP contribution is 2.47. The number of fused-ring (bicyclic) bond motifs is 2. The molecule has 5 nitrogen and oxygen atoms in total. The summed E-state index contributed by atoms with van der Waals surface area (Å²) in [5, 5.41) is 3.05. The van der Waals surface area contributed by atoms with E-state index in [0.717, 1.165) is 24.2 Å². The molecule has 2 aliphatic carbocycles. The fraction of sp³-hybridized carbons (Fsp3) is 0.412. The fourth-order valence-corrected chi connectivity index (χ4v) is 4.11. The molecule has 1 aromatic carbocycles. The lowest BCUT2D eigenvalue weighted by Crippen LogP contribution is -2.42. The minimum Gasteiger partial charge on any atom is -0.327 e. The minimum atomic E-state index is -0.0318. The summed E-state index contributed by atoms with van der Waals surface area (Å²) in [6, 6.07) is 7.82. The normalized spacial score (nSPS) is 29.7. The lowest BCUT2D eigenvalue weighted by Gasteiger charge is -2.27. The predicted octanol–water partition coefficient (Wildman–Crippen LogP) is 2.18. The van der Waals surface area contributed by atoms with Crippen LogP contribution >= 0.6 is 0 Å². The molecule has 0 spiro atoms. The Balaban J connectivity index is 1.52. The van der Waals surface area contributed by atoms with Gasteiger partial charge in [0, 0.05) is 29.8 Å². The molecule has 2 saturated carbocycles. The highest BCUT2D eigenvalue weighted by atomic mass is 16.2. The maximum Gasteiger partial charge on any atom is 0.229 e. The number of hydrogen-bond donors (Lipinski definition) is 2. The molecule has 4 unspecified atom stereocenters. The first-order chi connectivity index (χ1) is 10.7. The molecule has 1 heterocycles. The van der Waals surface area contributed by atoms with Crippen LogP contribution in [0.25, 0.3) is 5.69 Å². The smallest absolute Gasteiger partial charge is 0.229 e. The number of aromatic nitrogens is 2. The number of imidazole rings is 1. The van der Waals surface area contributed by atoms with Crippen LogP contribution in [0.15, 0.2) is 43.0 Å². The average Bonchev–Trinajstić information content (AvgIpc) is 3.24. The van der Waals surface area contributed by atoms with E-state index in [4.69, 9.17) is 5.73 Å². The highest BCUT2D eigenvalue weighted by molar-refractivity contribution is 5.93. The van der Waals surface area contributed by atoms with E-state index in [-0.39, 0.29) is 17.9 Å². The molecule has 114 valence electrons. The van der Waals surface area contributed by atoms with Crippen LogP contribution in [0.4, 0.5) is 5.69 Å². The standard InChI is InChI=1S/C17H20N4O/c18-16-12-5-4-11(8-12)15(16)17(22)20-13-2-1-3-14(9-13)21-7-6-19-10-21/h1-3,6-7,9-12,15-16H,4-5,8,18H2,(H,20,22). The Morgan fingerprint density at radius 3 is 2.91 bits per heavy atom. The molecule has 5 heteroatoms. The number of anilines is 1. The Labute approximate surface area is 129 Å². The van der Waals surface area contributed by atoms with Gasteiger partial charge in [0.1, 0.15) is 0 Å². The zero-order valence-corrected chi connectivity index (χ0v) is 12.4. The van der Waals surface area contributed by atoms with E-state index in [1.807, 2.05) is 35.0 Å². The van der Waals surface area contributed by atoms with Gasteiger partial charge in [-0.1, -0.05) is 6.07 Å². The Morgan fingerprint density at radius 2 is 2.18 bits per heavy atom. The number of rotatable bonds is 3. The quantitative estimate of drug-likeness (QED) is 0.912. The monoisotopic (exact) mass is 296 g/mol. The molecule has 4 atom stereocenters. The van der Waals surface area contributed by atoms with Gasteiger partial charge < -0.3 is 15.6 Å². The molecule has 0 radical (unpaired) electrons. The number of benzene rings is 1. The highest BCUT2D eigenvalue weighted by Gasteiger charge is 2.49. The summed E-state index contributed by atoms with van der Waals surface area (Å²) in [6.45, 7) is 0. The van der Waals surface area contributed by atoms with Gasteiger partial charge in [0.15, 0.2) is 0 Å². The number of carbonyl (C=O) groups is 1. The van der Waals surface area contributed by atoms with Crippen molar-refractivity contribution in [2.45, 2.75) is 25.3 Å². The number of carbonyl (C=O) groups excluding carboxylic acids is 1. The zero-order valence-electron chi connectivity index (χ0n) is 12.4. The number of hydrogen-bond acceptors (Lipinski definition) is 3. The summed E-state index contributed by atoms with van der Waals surface area (Å²) < 4.78 is 1.92. The van der Waals surface area contributed by atoms with E-state index in [2.05, 4.69) is 10.3 Å². The molecule has 0 saturated heterocycles. The topological polar surface area (TPSA) is 72.9 Å². The van der Waals surface area contributed by atoms with Crippen molar-refractivity contribution in [3.63, 3.8) is 0 Å². The van der Waals surface area contributed by atoms with Crippen molar-refractivity contribution >= 4 is 11.6 Å². The molecule has 2 fully saturated rings. The lowest BCUT2D eigenvalue weighted by atomic mass is 9.84. The van der Waals surface area contributed by atoms with Gasteiger partial charge in [-0.15, -0.1) is 0 Å². The van der Waals surface area contributed by atoms with Gasteiger partial charge in [0.25, 0.3) is 0 Å². The second-order valence-corrected chi connectivity index (χ2v) is 6.45. The van der Waals surface area contributed by atoms with Crippen molar-refractivity contribution in [3.05, 3.63) is 43.0 Å². The second-order valence-electron chi connectivity index (χ2n) is 6.45. The first-order valence-electron chi connectivity index (χ1n) is 7.87. The van der Waals surface area contributed by atoms with Crippen molar-refractivity contribution in [1.29, 1.82) is 0 Å². The Hall–Kier alpha value is -2.14. The SMILES string of the molecule is NC1C2CCC(C2)C1C(=O)Nc1cccc(-n2ccnc2)c1. The first kappa shape index (κ1) is 13.5. The molecule has 3 N–H and O–H groups in total. The Kier molecular flexibility index (Phi) is 3.22. The number of nitrogens with two attached hydrogens (primary N) is 1. The third kappa shape index (κ3) is 2.22. The summed E-state index contributed by atoms with van der Waals surface area (Å²) in [7, 11) is 0. The van der Waals surface area contributed by atoms with Crippen LogP contribution in [0.5, 0.6) is 0 Å². The largest absolute Gasteiger partial charge is 0.327 e. The van der Waals surface area contributed by atoms with E-state index in [9.17, 15) is 4.79 Å². The molecule has 4 rings (SSSR count). The fourth-order valence-electron chi connectivity index (χ4n) is 4.11. The van der Waals surface area contributed by atoms with Crippen molar-refractivity contribution in [2.75, 3.05) is 5.32 Å². The molecule has 2 aromatic rings. The van der Waals surface area contributed by atoms with E-state index >= 15 is 0 Å². The number of nitrogens with one attached hydrogen (secondary N) is 1. The third-order valence-corrected chi connectivity index (χ3v) is 5.20. The summed E-state index contributed by atoms with van der Waals surface area (Å²) in [5.74, 6) is 1.05. The molecular formula is C17H20N4O. The van der Waals surface area contributed by atoms with Crippen LogP contribution in [0.3, 0.4) is 0 Å². The summed E-state index contributed by atoms with van der Waals surface area (Å²) >= 11 is 0. The van der Waals surface area contributed by atoms with Crippen LogP contribution in [-0.4, -0.2) is 21.5 Å². The van der Waals surface area contributed by atoms with Crippen molar-refractivity contribution in [3.8, 4) is 5.69 Å². The van der Waals surface area contributed by atoms with Gasteiger partial charge in [-0.3, -0.25) is 4.79 Å². The van der Waals surface area contributed by atoms with Crippen LogP contribution < -0.4 is 11.1 Å². The number of nitrogens with zero attached hydrogens (tertiary/aromatic N) is 2. The molecular weight excluding hydrogens is 276 g/mol. The van der Waals surface area contributed by atoms with Crippen molar-refractivity contribution < 1.29 is 4.79 Å². The van der Waals surface area contributed by atoms with E-state index < -0.39 is 0 Å². The van der Waals surface area contributed by atoms with Gasteiger partial charge in [0.05, 0.1) is 12.2 Å². The van der Waals surface area contributed by atoms with Crippen molar-refractivity contribution in [2.24, 2.45) is 23.5 Å². The van der Waals surface area contributed by atoms with E-state index in [1.165, 1.54) is 6.42 Å². The number of amides is 1. The van der Waals surface area contributed by atoms with Gasteiger partial charge in [-0.25, -0.2) is 4.98 Å². The molecule has 2 aliphatic rings. The van der Waals surface area contributed by atoms with Crippen molar-refractivity contribution in [1.82, 2.24) is 9.55 Å². The molecule has 2 bridgehead atoms. The maximum absolute atomic E-state index is 12.6. The van der Waals surface area contributed by atoms with Crippen LogP contribution in [0, 0.1) is 17.8 Å². The Morgan fingerprint density at radius 1 is 1.32 bits per heavy atom. The van der Waals surface area contributed by atoms with Gasteiger partial charge >= 0.3 is 0 Å². The summed E-state index contributed by atoms with van der Waals surface area (Å²) in [5.41, 5.74) is 8.04. The first-order valence-corrected chi connectivity index (χ1v) is 7.87.